The Kier molecular flexibility index (Phi) is 7.17. The summed E-state index contributed by atoms with van der Waals surface area (Å²) < 4.78 is 16.4. The van der Waals surface area contributed by atoms with E-state index >= 15 is 0 Å². The molecule has 3 aromatic rings. The Labute approximate surface area is 198 Å². The number of thiophene rings is 1. The molecule has 1 aliphatic heterocycles. The molecule has 1 atom stereocenters. The molecule has 32 heavy (non-hydrogen) atoms. The van der Waals surface area contributed by atoms with Gasteiger partial charge in [0.25, 0.3) is 0 Å². The SMILES string of the molecule is COc1ccc(CCNC(=S)N2CCc3cc(OC)c(OC)cc3C2c2cccs2)cc1. The summed E-state index contributed by atoms with van der Waals surface area (Å²) in [5.41, 5.74) is 3.74. The Morgan fingerprint density at radius 3 is 2.47 bits per heavy atom. The number of hydrogen-bond donors (Lipinski definition) is 1. The van der Waals surface area contributed by atoms with Crippen LogP contribution in [0.5, 0.6) is 17.2 Å². The number of methoxy groups -OCH3 is 3. The molecule has 0 fully saturated rings. The highest BCUT2D eigenvalue weighted by Gasteiger charge is 2.32. The third kappa shape index (κ3) is 4.69. The lowest BCUT2D eigenvalue weighted by Gasteiger charge is -2.39. The first-order valence-corrected chi connectivity index (χ1v) is 11.9. The van der Waals surface area contributed by atoms with Gasteiger partial charge in [-0.05, 0) is 77.5 Å². The van der Waals surface area contributed by atoms with Crippen molar-refractivity contribution in [2.24, 2.45) is 0 Å². The summed E-state index contributed by atoms with van der Waals surface area (Å²) in [7, 11) is 5.04. The lowest BCUT2D eigenvalue weighted by Crippen LogP contribution is -2.46. The molecule has 1 aromatic heterocycles. The fraction of sp³-hybridized carbons (Fsp3) is 0.320. The maximum atomic E-state index is 5.86. The van der Waals surface area contributed by atoms with E-state index in [-0.39, 0.29) is 6.04 Å². The second-order valence-corrected chi connectivity index (χ2v) is 8.96. The Bertz CT molecular complexity index is 1050. The lowest BCUT2D eigenvalue weighted by atomic mass is 9.91. The predicted octanol–water partition coefficient (Wildman–Crippen LogP) is 4.84. The largest absolute Gasteiger partial charge is 0.497 e. The number of fused-ring (bicyclic) bond motifs is 1. The van der Waals surface area contributed by atoms with Crippen LogP contribution in [-0.2, 0) is 12.8 Å². The topological polar surface area (TPSA) is 43.0 Å². The summed E-state index contributed by atoms with van der Waals surface area (Å²) in [5, 5.41) is 6.37. The predicted molar refractivity (Wildman–Crippen MR) is 133 cm³/mol. The van der Waals surface area contributed by atoms with Crippen molar-refractivity contribution in [1.29, 1.82) is 0 Å². The fourth-order valence-electron chi connectivity index (χ4n) is 4.13. The van der Waals surface area contributed by atoms with Gasteiger partial charge in [0.1, 0.15) is 5.75 Å². The number of benzene rings is 2. The van der Waals surface area contributed by atoms with Crippen molar-refractivity contribution in [3.05, 3.63) is 75.5 Å². The van der Waals surface area contributed by atoms with Crippen LogP contribution >= 0.6 is 23.6 Å². The highest BCUT2D eigenvalue weighted by molar-refractivity contribution is 7.80. The highest BCUT2D eigenvalue weighted by atomic mass is 32.1. The third-order valence-electron chi connectivity index (χ3n) is 5.80. The second-order valence-electron chi connectivity index (χ2n) is 7.60. The smallest absolute Gasteiger partial charge is 0.169 e. The molecule has 7 heteroatoms. The van der Waals surface area contributed by atoms with Gasteiger partial charge in [0.15, 0.2) is 16.6 Å². The number of hydrogen-bond acceptors (Lipinski definition) is 5. The van der Waals surface area contributed by atoms with Crippen LogP contribution in [0, 0.1) is 0 Å². The van der Waals surface area contributed by atoms with Crippen LogP contribution in [-0.4, -0.2) is 44.4 Å². The molecule has 5 nitrogen and oxygen atoms in total. The molecular weight excluding hydrogens is 440 g/mol. The maximum Gasteiger partial charge on any atom is 0.169 e. The van der Waals surface area contributed by atoms with Crippen LogP contribution in [0.4, 0.5) is 0 Å². The van der Waals surface area contributed by atoms with Crippen molar-refractivity contribution in [3.8, 4) is 17.2 Å². The number of nitrogens with zero attached hydrogens (tertiary/aromatic N) is 1. The summed E-state index contributed by atoms with van der Waals surface area (Å²) in [6.45, 7) is 1.62. The minimum Gasteiger partial charge on any atom is -0.497 e. The van der Waals surface area contributed by atoms with Gasteiger partial charge in [0, 0.05) is 18.0 Å². The molecule has 0 saturated heterocycles. The third-order valence-corrected chi connectivity index (χ3v) is 7.10. The molecule has 168 valence electrons. The van der Waals surface area contributed by atoms with Crippen molar-refractivity contribution in [3.63, 3.8) is 0 Å². The average molecular weight is 469 g/mol. The van der Waals surface area contributed by atoms with E-state index in [1.807, 2.05) is 12.1 Å². The van der Waals surface area contributed by atoms with E-state index in [1.165, 1.54) is 21.6 Å². The van der Waals surface area contributed by atoms with Crippen molar-refractivity contribution in [2.45, 2.75) is 18.9 Å². The van der Waals surface area contributed by atoms with Gasteiger partial charge >= 0.3 is 0 Å². The van der Waals surface area contributed by atoms with E-state index in [9.17, 15) is 0 Å². The second kappa shape index (κ2) is 10.2. The van der Waals surface area contributed by atoms with Gasteiger partial charge in [-0.15, -0.1) is 11.3 Å². The molecule has 1 unspecified atom stereocenters. The van der Waals surface area contributed by atoms with Gasteiger partial charge < -0.3 is 24.4 Å². The molecule has 4 rings (SSSR count). The van der Waals surface area contributed by atoms with Crippen LogP contribution in [0.25, 0.3) is 0 Å². The Morgan fingerprint density at radius 1 is 1.06 bits per heavy atom. The van der Waals surface area contributed by atoms with Crippen LogP contribution in [0.15, 0.2) is 53.9 Å². The summed E-state index contributed by atoms with van der Waals surface area (Å²) in [6, 6.07) is 16.7. The van der Waals surface area contributed by atoms with Gasteiger partial charge in [0.2, 0.25) is 0 Å². The van der Waals surface area contributed by atoms with Gasteiger partial charge in [-0.2, -0.15) is 0 Å². The summed E-state index contributed by atoms with van der Waals surface area (Å²) in [5.74, 6) is 2.38. The van der Waals surface area contributed by atoms with E-state index in [4.69, 9.17) is 26.4 Å². The fourth-order valence-corrected chi connectivity index (χ4v) is 5.28. The summed E-state index contributed by atoms with van der Waals surface area (Å²) >= 11 is 7.61. The van der Waals surface area contributed by atoms with Crippen molar-refractivity contribution < 1.29 is 14.2 Å². The van der Waals surface area contributed by atoms with E-state index in [0.29, 0.717) is 0 Å². The number of ether oxygens (including phenoxy) is 3. The molecule has 0 spiro atoms. The Hall–Kier alpha value is -2.77. The van der Waals surface area contributed by atoms with Crippen LogP contribution in [0.3, 0.4) is 0 Å². The van der Waals surface area contributed by atoms with E-state index < -0.39 is 0 Å². The first kappa shape index (κ1) is 22.4. The molecular formula is C25H28N2O3S2. The molecule has 0 bridgehead atoms. The summed E-state index contributed by atoms with van der Waals surface area (Å²) in [4.78, 5) is 3.56. The van der Waals surface area contributed by atoms with Gasteiger partial charge in [-0.3, -0.25) is 0 Å². The zero-order chi connectivity index (χ0) is 22.5. The van der Waals surface area contributed by atoms with Crippen LogP contribution < -0.4 is 19.5 Å². The molecule has 0 saturated carbocycles. The molecule has 1 N–H and O–H groups in total. The molecule has 0 amide bonds. The zero-order valence-corrected chi connectivity index (χ0v) is 20.2. The maximum absolute atomic E-state index is 5.86. The van der Waals surface area contributed by atoms with Gasteiger partial charge in [0.05, 0.1) is 27.4 Å². The van der Waals surface area contributed by atoms with Crippen molar-refractivity contribution in [2.75, 3.05) is 34.4 Å². The number of rotatable bonds is 7. The molecule has 2 aromatic carbocycles. The first-order chi connectivity index (χ1) is 15.6. The van der Waals surface area contributed by atoms with Gasteiger partial charge in [-0.25, -0.2) is 0 Å². The molecule has 0 aliphatic carbocycles. The molecule has 1 aliphatic rings. The van der Waals surface area contributed by atoms with Crippen LogP contribution in [0.1, 0.15) is 27.6 Å². The Morgan fingerprint density at radius 2 is 1.81 bits per heavy atom. The summed E-state index contributed by atoms with van der Waals surface area (Å²) in [6.07, 6.45) is 1.79. The zero-order valence-electron chi connectivity index (χ0n) is 18.6. The van der Waals surface area contributed by atoms with E-state index in [1.54, 1.807) is 32.7 Å². The number of thiocarbonyl (C=S) groups is 1. The minimum atomic E-state index is 0.0551. The first-order valence-electron chi connectivity index (χ1n) is 10.6. The van der Waals surface area contributed by atoms with Gasteiger partial charge in [-0.1, -0.05) is 18.2 Å². The monoisotopic (exact) mass is 468 g/mol. The average Bonchev–Trinajstić information content (AvgIpc) is 3.37. The van der Waals surface area contributed by atoms with Crippen molar-refractivity contribution >= 4 is 28.7 Å². The lowest BCUT2D eigenvalue weighted by molar-refractivity contribution is 0.327. The Balaban J connectivity index is 1.53. The molecule has 2 heterocycles. The van der Waals surface area contributed by atoms with Crippen LogP contribution in [0.2, 0.25) is 0 Å². The standard InChI is InChI=1S/C25H28N2O3S2/c1-28-19-8-6-17(7-9-19)10-12-26-25(31)27-13-11-18-15-21(29-2)22(30-3)16-20(18)24(27)23-5-4-14-32-23/h4-9,14-16,24H,10-13H2,1-3H3,(H,26,31). The van der Waals surface area contributed by atoms with Crippen molar-refractivity contribution in [1.82, 2.24) is 10.2 Å². The van der Waals surface area contributed by atoms with E-state index in [2.05, 4.69) is 52.0 Å². The molecule has 0 radical (unpaired) electrons. The quantitative estimate of drug-likeness (QED) is 0.501. The highest BCUT2D eigenvalue weighted by Crippen LogP contribution is 2.42. The normalized spacial score (nSPS) is 15.1. The minimum absolute atomic E-state index is 0.0551. The van der Waals surface area contributed by atoms with E-state index in [0.717, 1.165) is 48.3 Å². The number of nitrogens with one attached hydrogen (secondary N) is 1.